The number of hydrogen-bond acceptors (Lipinski definition) is 8. The largest absolute Gasteiger partial charge is 0.494 e. The van der Waals surface area contributed by atoms with Gasteiger partial charge in [-0.1, -0.05) is 12.2 Å². The van der Waals surface area contributed by atoms with Crippen LogP contribution in [0.1, 0.15) is 64.8 Å². The van der Waals surface area contributed by atoms with Crippen molar-refractivity contribution in [1.29, 1.82) is 0 Å². The molecule has 3 aromatic carbocycles. The summed E-state index contributed by atoms with van der Waals surface area (Å²) in [5.41, 5.74) is -0.411. The third-order valence-corrected chi connectivity index (χ3v) is 10.8. The zero-order valence-corrected chi connectivity index (χ0v) is 34.7. The number of hydrogen-bond donors (Lipinski definition) is 0. The lowest BCUT2D eigenvalue weighted by Crippen LogP contribution is -2.60. The van der Waals surface area contributed by atoms with Gasteiger partial charge in [0, 0.05) is 18.4 Å². The minimum absolute atomic E-state index is 0.0229. The molecule has 1 saturated carbocycles. The zero-order valence-electron chi connectivity index (χ0n) is 34.7. The van der Waals surface area contributed by atoms with Crippen LogP contribution in [-0.4, -0.2) is 79.0 Å². The molecule has 380 valence electrons. The van der Waals surface area contributed by atoms with Crippen LogP contribution in [0.5, 0.6) is 23.0 Å². The summed E-state index contributed by atoms with van der Waals surface area (Å²) in [5, 5.41) is 0. The van der Waals surface area contributed by atoms with Crippen molar-refractivity contribution < 1.29 is 117 Å². The first-order valence-corrected chi connectivity index (χ1v) is 20.0. The molecule has 3 aromatic rings. The number of fused-ring (bicyclic) bond motifs is 2. The second-order valence-corrected chi connectivity index (χ2v) is 15.7. The number of ether oxygens (including phenoxy) is 5. The minimum Gasteiger partial charge on any atom is -0.494 e. The SMILES string of the molecule is O=C(Oc1ccc(OC(=O)c2ccc(OCCCC(F)(F)C(F)(F)C(F)(F)C(F)(F)F)cc2)c(COC(=O)C2CC3C=CC2C3)c1)c1ccc(OCCCC(F)(F)C(F)(F)C(F)(F)C(F)(F)F)cc1. The van der Waals surface area contributed by atoms with E-state index in [4.69, 9.17) is 23.7 Å². The molecule has 2 aliphatic rings. The number of benzene rings is 3. The topological polar surface area (TPSA) is 97.4 Å². The minimum atomic E-state index is -7.04. The summed E-state index contributed by atoms with van der Waals surface area (Å²) in [6, 6.07) is 12.0. The Morgan fingerprint density at radius 2 is 0.942 bits per heavy atom. The number of allylic oxidation sites excluding steroid dienone is 2. The van der Waals surface area contributed by atoms with Crippen LogP contribution in [0.4, 0.5) is 79.0 Å². The van der Waals surface area contributed by atoms with Crippen molar-refractivity contribution in [2.24, 2.45) is 17.8 Å². The molecule has 3 atom stereocenters. The Morgan fingerprint density at radius 1 is 0.507 bits per heavy atom. The Kier molecular flexibility index (Phi) is 15.6. The second kappa shape index (κ2) is 19.9. The maximum atomic E-state index is 13.8. The van der Waals surface area contributed by atoms with Crippen LogP contribution in [-0.2, 0) is 16.1 Å². The first-order valence-electron chi connectivity index (χ1n) is 20.0. The van der Waals surface area contributed by atoms with Crippen molar-refractivity contribution in [1.82, 2.24) is 0 Å². The molecule has 5 rings (SSSR count). The molecule has 2 bridgehead atoms. The van der Waals surface area contributed by atoms with E-state index in [2.05, 4.69) is 0 Å². The maximum absolute atomic E-state index is 13.8. The van der Waals surface area contributed by atoms with Crippen LogP contribution in [0.25, 0.3) is 0 Å². The Balaban J connectivity index is 1.19. The second-order valence-electron chi connectivity index (χ2n) is 15.7. The van der Waals surface area contributed by atoms with Crippen molar-refractivity contribution >= 4 is 17.9 Å². The average Bonchev–Trinajstić information content (AvgIpc) is 3.91. The molecule has 0 aliphatic heterocycles. The molecular formula is C43H34F18O8. The maximum Gasteiger partial charge on any atom is 0.460 e. The monoisotopic (exact) mass is 1020 g/mol. The van der Waals surface area contributed by atoms with Gasteiger partial charge in [0.15, 0.2) is 0 Å². The summed E-state index contributed by atoms with van der Waals surface area (Å²) < 4.78 is 262. The Labute approximate surface area is 377 Å². The van der Waals surface area contributed by atoms with E-state index in [1.54, 1.807) is 0 Å². The summed E-state index contributed by atoms with van der Waals surface area (Å²) >= 11 is 0. The van der Waals surface area contributed by atoms with Gasteiger partial charge in [0.25, 0.3) is 0 Å². The highest BCUT2D eigenvalue weighted by molar-refractivity contribution is 5.92. The van der Waals surface area contributed by atoms with Crippen molar-refractivity contribution in [3.63, 3.8) is 0 Å². The number of esters is 3. The van der Waals surface area contributed by atoms with E-state index in [0.29, 0.717) is 6.42 Å². The van der Waals surface area contributed by atoms with Gasteiger partial charge in [-0.25, -0.2) is 9.59 Å². The lowest BCUT2D eigenvalue weighted by atomic mass is 9.94. The summed E-state index contributed by atoms with van der Waals surface area (Å²) in [6.07, 6.45) is -15.3. The van der Waals surface area contributed by atoms with Crippen molar-refractivity contribution in [2.45, 2.75) is 93.0 Å². The summed E-state index contributed by atoms with van der Waals surface area (Å²) in [5.74, 6) is -43.1. The average molecular weight is 1020 g/mol. The summed E-state index contributed by atoms with van der Waals surface area (Å²) in [4.78, 5) is 39.2. The van der Waals surface area contributed by atoms with Gasteiger partial charge in [-0.3, -0.25) is 4.79 Å². The number of alkyl halides is 18. The predicted octanol–water partition coefficient (Wildman–Crippen LogP) is 12.6. The van der Waals surface area contributed by atoms with Gasteiger partial charge >= 0.3 is 65.8 Å². The fourth-order valence-corrected chi connectivity index (χ4v) is 6.94. The normalized spacial score (nSPS) is 18.0. The van der Waals surface area contributed by atoms with E-state index in [0.717, 1.165) is 73.2 Å². The Hall–Kier alpha value is -5.85. The van der Waals surface area contributed by atoms with Crippen LogP contribution < -0.4 is 18.9 Å². The summed E-state index contributed by atoms with van der Waals surface area (Å²) in [7, 11) is 0. The van der Waals surface area contributed by atoms with Crippen molar-refractivity contribution in [2.75, 3.05) is 13.2 Å². The van der Waals surface area contributed by atoms with Crippen LogP contribution >= 0.6 is 0 Å². The molecule has 0 N–H and O–H groups in total. The first kappa shape index (κ1) is 54.1. The Morgan fingerprint density at radius 3 is 1.35 bits per heavy atom. The van der Waals surface area contributed by atoms with Gasteiger partial charge in [0.1, 0.15) is 29.6 Å². The molecule has 69 heavy (non-hydrogen) atoms. The van der Waals surface area contributed by atoms with E-state index in [1.165, 1.54) is 0 Å². The summed E-state index contributed by atoms with van der Waals surface area (Å²) in [6.45, 7) is -2.25. The van der Waals surface area contributed by atoms with Gasteiger partial charge < -0.3 is 23.7 Å². The molecule has 0 aromatic heterocycles. The fraction of sp³-hybridized carbons (Fsp3) is 0.465. The van der Waals surface area contributed by atoms with Crippen LogP contribution in [0.3, 0.4) is 0 Å². The highest BCUT2D eigenvalue weighted by Gasteiger charge is 2.82. The molecule has 8 nitrogen and oxygen atoms in total. The number of carbonyl (C=O) groups excluding carboxylic acids is 3. The lowest BCUT2D eigenvalue weighted by molar-refractivity contribution is -0.396. The fourth-order valence-electron chi connectivity index (χ4n) is 6.94. The highest BCUT2D eigenvalue weighted by Crippen LogP contribution is 2.56. The third kappa shape index (κ3) is 11.6. The zero-order chi connectivity index (χ0) is 51.6. The van der Waals surface area contributed by atoms with E-state index in [9.17, 15) is 93.4 Å². The quantitative estimate of drug-likeness (QED) is 0.0342. The van der Waals surface area contributed by atoms with Gasteiger partial charge in [0.05, 0.1) is 30.3 Å². The number of halogens is 18. The lowest BCUT2D eigenvalue weighted by Gasteiger charge is -2.33. The molecular weight excluding hydrogens is 986 g/mol. The Bertz CT molecular complexity index is 2330. The highest BCUT2D eigenvalue weighted by atomic mass is 19.4. The molecule has 2 aliphatic carbocycles. The van der Waals surface area contributed by atoms with Crippen LogP contribution in [0.2, 0.25) is 0 Å². The molecule has 26 heteroatoms. The predicted molar refractivity (Wildman–Crippen MR) is 199 cm³/mol. The van der Waals surface area contributed by atoms with Crippen LogP contribution in [0.15, 0.2) is 78.9 Å². The van der Waals surface area contributed by atoms with E-state index >= 15 is 0 Å². The van der Waals surface area contributed by atoms with Gasteiger partial charge in [-0.2, -0.15) is 79.0 Å². The molecule has 1 fully saturated rings. The van der Waals surface area contributed by atoms with E-state index < -0.39 is 117 Å². The van der Waals surface area contributed by atoms with Crippen molar-refractivity contribution in [3.8, 4) is 23.0 Å². The van der Waals surface area contributed by atoms with Crippen LogP contribution in [0, 0.1) is 17.8 Å². The van der Waals surface area contributed by atoms with Gasteiger partial charge in [0.2, 0.25) is 0 Å². The number of rotatable bonds is 21. The van der Waals surface area contributed by atoms with E-state index in [1.807, 2.05) is 12.2 Å². The first-order chi connectivity index (χ1) is 31.7. The molecule has 0 heterocycles. The molecule has 0 radical (unpaired) electrons. The molecule has 0 spiro atoms. The molecule has 3 unspecified atom stereocenters. The standard InChI is InChI=1S/C43H34F18O8/c44-36(45,38(48,49)40(52,53)42(56,57)58)15-1-17-65-28-9-5-24(6-10-28)33(62)68-30-13-14-32(27(21-30)22-67-35(64)31-20-23-3-4-26(31)19-23)69-34(63)25-7-11-29(12-8-25)66-18-2-16-37(46,47)39(50,51)41(54,55)43(59,60)61/h3-14,21,23,26,31H,1-2,15-20,22H2. The smallest absolute Gasteiger partial charge is 0.460 e. The van der Waals surface area contributed by atoms with Crippen molar-refractivity contribution in [3.05, 3.63) is 95.6 Å². The van der Waals surface area contributed by atoms with E-state index in [-0.39, 0.29) is 51.5 Å². The third-order valence-electron chi connectivity index (χ3n) is 10.8. The number of carbonyl (C=O) groups is 3. The molecule has 0 saturated heterocycles. The van der Waals surface area contributed by atoms with Gasteiger partial charge in [-0.15, -0.1) is 0 Å². The molecule has 0 amide bonds. The van der Waals surface area contributed by atoms with Gasteiger partial charge in [-0.05, 0) is 104 Å².